The summed E-state index contributed by atoms with van der Waals surface area (Å²) >= 11 is 0. The van der Waals surface area contributed by atoms with Crippen molar-refractivity contribution in [2.45, 2.75) is 25.7 Å². The lowest BCUT2D eigenvalue weighted by Gasteiger charge is -2.30. The van der Waals surface area contributed by atoms with Crippen molar-refractivity contribution in [2.75, 3.05) is 20.1 Å². The molecule has 3 heterocycles. The third-order valence-corrected chi connectivity index (χ3v) is 6.32. The molecule has 0 unspecified atom stereocenters. The highest BCUT2D eigenvalue weighted by molar-refractivity contribution is 5.95. The largest absolute Gasteiger partial charge is 0.346 e. The summed E-state index contributed by atoms with van der Waals surface area (Å²) in [6, 6.07) is 20.4. The van der Waals surface area contributed by atoms with E-state index in [0.717, 1.165) is 11.0 Å². The van der Waals surface area contributed by atoms with Crippen LogP contribution in [0.4, 0.5) is 0 Å². The highest BCUT2D eigenvalue weighted by Crippen LogP contribution is 2.34. The highest BCUT2D eigenvalue weighted by atomic mass is 15.1. The molecule has 1 aliphatic rings. The summed E-state index contributed by atoms with van der Waals surface area (Å²) in [7, 11) is 2.22. The molecule has 5 rings (SSSR count). The predicted octanol–water partition coefficient (Wildman–Crippen LogP) is 5.81. The Balaban J connectivity index is 1.50. The summed E-state index contributed by atoms with van der Waals surface area (Å²) in [6.45, 7) is 4.64. The molecule has 0 saturated carbocycles. The fraction of sp³-hybridized carbons (Fsp3) is 0.269. The maximum atomic E-state index is 4.69. The molecule has 4 aromatic rings. The maximum absolute atomic E-state index is 4.69. The molecule has 1 radical (unpaired) electrons. The number of benzene rings is 2. The number of likely N-dealkylation sites (tertiary alicyclic amines) is 1. The molecule has 0 amide bonds. The smallest absolute Gasteiger partial charge is 0.137 e. The lowest BCUT2D eigenvalue weighted by atomic mass is 9.86. The van der Waals surface area contributed by atoms with Gasteiger partial charge >= 0.3 is 0 Å². The topological polar surface area (TPSA) is 31.9 Å². The van der Waals surface area contributed by atoms with Crippen LogP contribution in [0.2, 0.25) is 0 Å². The van der Waals surface area contributed by atoms with Crippen LogP contribution >= 0.6 is 0 Å². The Kier molecular flexibility index (Phi) is 4.69. The monoisotopic (exact) mass is 380 g/mol. The molecular formula is C26H26N3. The average Bonchev–Trinajstić information content (AvgIpc) is 3.18. The molecule has 145 valence electrons. The van der Waals surface area contributed by atoms with E-state index in [1.54, 1.807) is 0 Å². The van der Waals surface area contributed by atoms with Crippen molar-refractivity contribution < 1.29 is 0 Å². The second kappa shape index (κ2) is 7.49. The number of rotatable bonds is 3. The number of aryl methyl sites for hydroxylation is 1. The van der Waals surface area contributed by atoms with Crippen LogP contribution in [-0.2, 0) is 0 Å². The van der Waals surface area contributed by atoms with E-state index >= 15 is 0 Å². The van der Waals surface area contributed by atoms with Gasteiger partial charge < -0.3 is 9.88 Å². The van der Waals surface area contributed by atoms with Crippen LogP contribution in [0, 0.1) is 13.0 Å². The van der Waals surface area contributed by atoms with Gasteiger partial charge in [-0.25, -0.2) is 4.98 Å². The van der Waals surface area contributed by atoms with Crippen molar-refractivity contribution >= 4 is 11.0 Å². The Hall–Kier alpha value is -2.91. The van der Waals surface area contributed by atoms with Crippen molar-refractivity contribution in [1.29, 1.82) is 0 Å². The molecule has 0 aliphatic carbocycles. The second-order valence-corrected chi connectivity index (χ2v) is 8.26. The quantitative estimate of drug-likeness (QED) is 0.486. The van der Waals surface area contributed by atoms with E-state index in [9.17, 15) is 0 Å². The zero-order valence-electron chi connectivity index (χ0n) is 17.1. The predicted molar refractivity (Wildman–Crippen MR) is 120 cm³/mol. The average molecular weight is 381 g/mol. The number of aromatic amines is 1. The second-order valence-electron chi connectivity index (χ2n) is 8.26. The lowest BCUT2D eigenvalue weighted by Crippen LogP contribution is -2.29. The number of hydrogen-bond donors (Lipinski definition) is 1. The molecule has 29 heavy (non-hydrogen) atoms. The third-order valence-electron chi connectivity index (χ3n) is 6.32. The molecule has 1 aliphatic heterocycles. The first kappa shape index (κ1) is 18.1. The molecule has 0 bridgehead atoms. The number of nitrogens with zero attached hydrogens (tertiary/aromatic N) is 2. The highest BCUT2D eigenvalue weighted by Gasteiger charge is 2.20. The summed E-state index contributed by atoms with van der Waals surface area (Å²) in [5.74, 6) is 0.687. The number of nitrogens with one attached hydrogen (secondary N) is 1. The first-order valence-corrected chi connectivity index (χ1v) is 10.4. The van der Waals surface area contributed by atoms with E-state index in [0.29, 0.717) is 5.92 Å². The Morgan fingerprint density at radius 3 is 2.55 bits per heavy atom. The minimum atomic E-state index is 0.687. The zero-order valence-corrected chi connectivity index (χ0v) is 17.1. The number of H-pyrrole nitrogens is 1. The third kappa shape index (κ3) is 3.47. The number of aromatic nitrogens is 2. The van der Waals surface area contributed by atoms with E-state index in [1.165, 1.54) is 59.3 Å². The fourth-order valence-electron chi connectivity index (χ4n) is 4.60. The van der Waals surface area contributed by atoms with Gasteiger partial charge in [-0.05, 0) is 80.2 Å². The molecule has 0 spiro atoms. The maximum Gasteiger partial charge on any atom is 0.137 e. The number of piperidine rings is 1. The summed E-state index contributed by atoms with van der Waals surface area (Å²) in [4.78, 5) is 10.4. The number of hydrogen-bond acceptors (Lipinski definition) is 2. The van der Waals surface area contributed by atoms with Crippen molar-refractivity contribution in [2.24, 2.45) is 0 Å². The van der Waals surface area contributed by atoms with Crippen LogP contribution in [0.15, 0.2) is 60.9 Å². The van der Waals surface area contributed by atoms with Gasteiger partial charge in [0.2, 0.25) is 0 Å². The first-order chi connectivity index (χ1) is 14.2. The molecule has 0 atom stereocenters. The minimum absolute atomic E-state index is 0.687. The van der Waals surface area contributed by atoms with Gasteiger partial charge in [-0.2, -0.15) is 0 Å². The lowest BCUT2D eigenvalue weighted by molar-refractivity contribution is 0.255. The van der Waals surface area contributed by atoms with Crippen molar-refractivity contribution in [3.8, 4) is 22.3 Å². The van der Waals surface area contributed by atoms with Crippen LogP contribution in [0.3, 0.4) is 0 Å². The normalized spacial score (nSPS) is 15.8. The molecule has 1 fully saturated rings. The summed E-state index contributed by atoms with van der Waals surface area (Å²) in [6.07, 6.45) is 6.54. The van der Waals surface area contributed by atoms with E-state index in [4.69, 9.17) is 0 Å². The van der Waals surface area contributed by atoms with Gasteiger partial charge in [-0.3, -0.25) is 0 Å². The Morgan fingerprint density at radius 2 is 1.79 bits per heavy atom. The molecule has 3 heteroatoms. The van der Waals surface area contributed by atoms with Crippen LogP contribution < -0.4 is 0 Å². The molecule has 3 nitrogen and oxygen atoms in total. The van der Waals surface area contributed by atoms with Gasteiger partial charge in [-0.1, -0.05) is 42.5 Å². The van der Waals surface area contributed by atoms with Crippen LogP contribution in [0.25, 0.3) is 33.3 Å². The summed E-state index contributed by atoms with van der Waals surface area (Å²) in [5, 5.41) is 1.16. The molecule has 2 aromatic heterocycles. The van der Waals surface area contributed by atoms with Crippen LogP contribution in [-0.4, -0.2) is 35.0 Å². The fourth-order valence-corrected chi connectivity index (χ4v) is 4.60. The van der Waals surface area contributed by atoms with Crippen molar-refractivity contribution in [1.82, 2.24) is 14.9 Å². The standard InChI is InChI=1S/C26H26N3/c1-18-14-21(8-9-23(18)20-10-12-29(2)13-11-20)22-15-24-25(17-28-26(24)27-16-22)19-6-4-3-5-7-19/h4-9,14-17,20H,10-13H2,1-2H3,(H,27,28). The molecular weight excluding hydrogens is 354 g/mol. The van der Waals surface area contributed by atoms with Gasteiger partial charge in [-0.15, -0.1) is 0 Å². The zero-order chi connectivity index (χ0) is 19.8. The Labute approximate surface area is 172 Å². The molecule has 2 aromatic carbocycles. The number of pyridine rings is 1. The van der Waals surface area contributed by atoms with Gasteiger partial charge in [0.25, 0.3) is 0 Å². The van der Waals surface area contributed by atoms with Gasteiger partial charge in [0.15, 0.2) is 0 Å². The summed E-state index contributed by atoms with van der Waals surface area (Å²) < 4.78 is 0. The Bertz CT molecular complexity index is 1140. The van der Waals surface area contributed by atoms with Gasteiger partial charge in [0, 0.05) is 28.9 Å². The molecule has 1 N–H and O–H groups in total. The van der Waals surface area contributed by atoms with E-state index in [-0.39, 0.29) is 0 Å². The van der Waals surface area contributed by atoms with Crippen LogP contribution in [0.1, 0.15) is 29.9 Å². The van der Waals surface area contributed by atoms with Crippen molar-refractivity contribution in [3.63, 3.8) is 0 Å². The Morgan fingerprint density at radius 1 is 1.00 bits per heavy atom. The SMILES string of the molecule is Cc1cc(-c2cnc3[nH]cc(-c4cc[c]cc4)c3c2)ccc1C1CCN(C)CC1. The minimum Gasteiger partial charge on any atom is -0.346 e. The van der Waals surface area contributed by atoms with Gasteiger partial charge in [0.05, 0.1) is 0 Å². The van der Waals surface area contributed by atoms with E-state index in [2.05, 4.69) is 71.3 Å². The van der Waals surface area contributed by atoms with Crippen LogP contribution in [0.5, 0.6) is 0 Å². The number of fused-ring (bicyclic) bond motifs is 1. The van der Waals surface area contributed by atoms with Crippen molar-refractivity contribution in [3.05, 3.63) is 78.1 Å². The summed E-state index contributed by atoms with van der Waals surface area (Å²) in [5.41, 5.74) is 8.60. The van der Waals surface area contributed by atoms with Gasteiger partial charge in [0.1, 0.15) is 5.65 Å². The van der Waals surface area contributed by atoms with E-state index < -0.39 is 0 Å². The first-order valence-electron chi connectivity index (χ1n) is 10.4. The van der Waals surface area contributed by atoms with E-state index in [1.807, 2.05) is 24.5 Å². The molecule has 1 saturated heterocycles.